The molecule has 0 atom stereocenters. The molecule has 0 aliphatic rings. The quantitative estimate of drug-likeness (QED) is 0.243. The van der Waals surface area contributed by atoms with Crippen LogP contribution in [0.2, 0.25) is 0 Å². The maximum atomic E-state index is 13.4. The first-order valence-electron chi connectivity index (χ1n) is 11.2. The Bertz CT molecular complexity index is 1520. The first-order chi connectivity index (χ1) is 18.0. The number of nitrogens with zero attached hydrogens (tertiary/aromatic N) is 1. The lowest BCUT2D eigenvalue weighted by Gasteiger charge is -2.22. The minimum Gasteiger partial charge on any atom is -0.497 e. The standard InChI is InChI=1S/C27H22F3NO6S/c1-35-22-9-3-7-20(15-22)26(32)31(18-24-11-5-13-36-24)17-19-6-2-10-23(14-19)37-38(33,34)25-12-4-8-21(16-25)27(28,29)30/h2-16H,17-18H2,1H3. The predicted octanol–water partition coefficient (Wildman–Crippen LogP) is 5.92. The summed E-state index contributed by atoms with van der Waals surface area (Å²) in [5.41, 5.74) is -0.222. The van der Waals surface area contributed by atoms with Crippen molar-refractivity contribution < 1.29 is 39.7 Å². The number of carbonyl (C=O) groups excluding carboxylic acids is 1. The van der Waals surface area contributed by atoms with E-state index in [-0.39, 0.29) is 24.7 Å². The molecule has 4 aromatic rings. The monoisotopic (exact) mass is 545 g/mol. The molecule has 0 aliphatic heterocycles. The van der Waals surface area contributed by atoms with Gasteiger partial charge in [-0.05, 0) is 66.2 Å². The number of ether oxygens (including phenoxy) is 1. The van der Waals surface area contributed by atoms with Crippen molar-refractivity contribution in [2.24, 2.45) is 0 Å². The first kappa shape index (κ1) is 26.8. The van der Waals surface area contributed by atoms with Gasteiger partial charge >= 0.3 is 16.3 Å². The number of furan rings is 1. The number of alkyl halides is 3. The molecule has 198 valence electrons. The van der Waals surface area contributed by atoms with E-state index in [1.807, 2.05) is 0 Å². The Morgan fingerprint density at radius 2 is 1.63 bits per heavy atom. The lowest BCUT2D eigenvalue weighted by Crippen LogP contribution is -2.30. The van der Waals surface area contributed by atoms with E-state index in [0.717, 1.165) is 18.2 Å². The number of amides is 1. The van der Waals surface area contributed by atoms with Gasteiger partial charge in [-0.25, -0.2) is 0 Å². The highest BCUT2D eigenvalue weighted by molar-refractivity contribution is 7.87. The maximum absolute atomic E-state index is 13.4. The molecule has 1 amide bonds. The van der Waals surface area contributed by atoms with Gasteiger partial charge < -0.3 is 18.2 Å². The fourth-order valence-electron chi connectivity index (χ4n) is 3.65. The molecule has 0 bridgehead atoms. The van der Waals surface area contributed by atoms with Crippen molar-refractivity contribution in [3.63, 3.8) is 0 Å². The molecule has 7 nitrogen and oxygen atoms in total. The van der Waals surface area contributed by atoms with Crippen LogP contribution in [0.4, 0.5) is 13.2 Å². The number of hydrogen-bond donors (Lipinski definition) is 0. The van der Waals surface area contributed by atoms with E-state index in [1.165, 1.54) is 36.5 Å². The largest absolute Gasteiger partial charge is 0.497 e. The van der Waals surface area contributed by atoms with Crippen molar-refractivity contribution in [2.45, 2.75) is 24.2 Å². The second-order valence-electron chi connectivity index (χ2n) is 8.18. The van der Waals surface area contributed by atoms with Gasteiger partial charge in [0.1, 0.15) is 22.2 Å². The maximum Gasteiger partial charge on any atom is 0.416 e. The molecule has 0 saturated heterocycles. The zero-order valence-electron chi connectivity index (χ0n) is 20.0. The number of benzene rings is 3. The lowest BCUT2D eigenvalue weighted by atomic mass is 10.1. The molecule has 3 aromatic carbocycles. The Morgan fingerprint density at radius 3 is 2.34 bits per heavy atom. The smallest absolute Gasteiger partial charge is 0.416 e. The molecule has 0 aliphatic carbocycles. The summed E-state index contributed by atoms with van der Waals surface area (Å²) in [4.78, 5) is 14.2. The first-order valence-corrected chi connectivity index (χ1v) is 12.6. The van der Waals surface area contributed by atoms with E-state index in [1.54, 1.807) is 42.5 Å². The van der Waals surface area contributed by atoms with Crippen LogP contribution in [-0.4, -0.2) is 26.3 Å². The summed E-state index contributed by atoms with van der Waals surface area (Å²) < 4.78 is 80.3. The molecule has 0 N–H and O–H groups in total. The minimum absolute atomic E-state index is 0.0531. The van der Waals surface area contributed by atoms with Crippen LogP contribution < -0.4 is 8.92 Å². The number of rotatable bonds is 9. The fraction of sp³-hybridized carbons (Fsp3) is 0.148. The van der Waals surface area contributed by atoms with Crippen molar-refractivity contribution in [3.05, 3.63) is 114 Å². The van der Waals surface area contributed by atoms with Gasteiger partial charge in [0, 0.05) is 12.1 Å². The van der Waals surface area contributed by atoms with Crippen molar-refractivity contribution >= 4 is 16.0 Å². The highest BCUT2D eigenvalue weighted by atomic mass is 32.2. The average Bonchev–Trinajstić information content (AvgIpc) is 3.41. The molecule has 38 heavy (non-hydrogen) atoms. The summed E-state index contributed by atoms with van der Waals surface area (Å²) in [6.07, 6.45) is -3.23. The van der Waals surface area contributed by atoms with Crippen LogP contribution in [0.1, 0.15) is 27.2 Å². The van der Waals surface area contributed by atoms with Gasteiger partial charge in [0.2, 0.25) is 0 Å². The Morgan fingerprint density at radius 1 is 0.895 bits per heavy atom. The second-order valence-corrected chi connectivity index (χ2v) is 9.73. The molecule has 1 heterocycles. The number of halogens is 3. The van der Waals surface area contributed by atoms with Crippen LogP contribution in [0.15, 0.2) is 101 Å². The summed E-state index contributed by atoms with van der Waals surface area (Å²) in [5.74, 6) is 0.583. The van der Waals surface area contributed by atoms with Crippen LogP contribution in [-0.2, 0) is 29.4 Å². The molecule has 11 heteroatoms. The molecule has 0 saturated carbocycles. The van der Waals surface area contributed by atoms with E-state index in [2.05, 4.69) is 0 Å². The fourth-order valence-corrected chi connectivity index (χ4v) is 4.62. The van der Waals surface area contributed by atoms with Gasteiger partial charge in [-0.3, -0.25) is 4.79 Å². The number of carbonyl (C=O) groups is 1. The third-order valence-corrected chi connectivity index (χ3v) is 6.70. The Hall–Kier alpha value is -4.25. The van der Waals surface area contributed by atoms with E-state index >= 15 is 0 Å². The van der Waals surface area contributed by atoms with Gasteiger partial charge in [0.05, 0.1) is 25.5 Å². The number of methoxy groups -OCH3 is 1. The Kier molecular flexibility index (Phi) is 7.77. The molecular formula is C27H22F3NO6S. The zero-order valence-corrected chi connectivity index (χ0v) is 20.8. The lowest BCUT2D eigenvalue weighted by molar-refractivity contribution is -0.137. The summed E-state index contributed by atoms with van der Waals surface area (Å²) >= 11 is 0. The van der Waals surface area contributed by atoms with Crippen molar-refractivity contribution in [3.8, 4) is 11.5 Å². The molecule has 0 unspecified atom stereocenters. The molecular weight excluding hydrogens is 523 g/mol. The van der Waals surface area contributed by atoms with Gasteiger partial charge in [0.25, 0.3) is 5.91 Å². The average molecular weight is 546 g/mol. The van der Waals surface area contributed by atoms with Crippen LogP contribution in [0.5, 0.6) is 11.5 Å². The Balaban J connectivity index is 1.58. The summed E-state index contributed by atoms with van der Waals surface area (Å²) in [5, 5.41) is 0. The summed E-state index contributed by atoms with van der Waals surface area (Å²) in [6, 6.07) is 19.3. The van der Waals surface area contributed by atoms with Gasteiger partial charge in [-0.15, -0.1) is 0 Å². The van der Waals surface area contributed by atoms with Gasteiger partial charge in [0.15, 0.2) is 0 Å². The third-order valence-electron chi connectivity index (χ3n) is 5.46. The van der Waals surface area contributed by atoms with E-state index in [0.29, 0.717) is 28.7 Å². The SMILES string of the molecule is COc1cccc(C(=O)N(Cc2cccc(OS(=O)(=O)c3cccc(C(F)(F)F)c3)c2)Cc2ccco2)c1. The normalized spacial score (nSPS) is 11.7. The van der Waals surface area contributed by atoms with Crippen LogP contribution in [0.25, 0.3) is 0 Å². The molecule has 1 aromatic heterocycles. The summed E-state index contributed by atoms with van der Waals surface area (Å²) in [6.45, 7) is 0.175. The van der Waals surface area contributed by atoms with Crippen molar-refractivity contribution in [2.75, 3.05) is 7.11 Å². The number of hydrogen-bond acceptors (Lipinski definition) is 6. The minimum atomic E-state index is -4.71. The highest BCUT2D eigenvalue weighted by Gasteiger charge is 2.32. The topological polar surface area (TPSA) is 86.0 Å². The molecule has 0 spiro atoms. The molecule has 4 rings (SSSR count). The van der Waals surface area contributed by atoms with E-state index < -0.39 is 26.8 Å². The van der Waals surface area contributed by atoms with E-state index in [9.17, 15) is 26.4 Å². The van der Waals surface area contributed by atoms with Crippen LogP contribution in [0.3, 0.4) is 0 Å². The van der Waals surface area contributed by atoms with Gasteiger partial charge in [-0.1, -0.05) is 24.3 Å². The highest BCUT2D eigenvalue weighted by Crippen LogP contribution is 2.31. The Labute approximate surface area is 217 Å². The second kappa shape index (κ2) is 11.0. The van der Waals surface area contributed by atoms with Crippen molar-refractivity contribution in [1.82, 2.24) is 4.90 Å². The van der Waals surface area contributed by atoms with Gasteiger partial charge in [-0.2, -0.15) is 21.6 Å². The van der Waals surface area contributed by atoms with Crippen LogP contribution >= 0.6 is 0 Å². The molecule has 0 radical (unpaired) electrons. The van der Waals surface area contributed by atoms with Crippen molar-refractivity contribution in [1.29, 1.82) is 0 Å². The third kappa shape index (κ3) is 6.54. The summed E-state index contributed by atoms with van der Waals surface area (Å²) in [7, 11) is -3.07. The van der Waals surface area contributed by atoms with E-state index in [4.69, 9.17) is 13.3 Å². The molecule has 0 fully saturated rings. The zero-order chi connectivity index (χ0) is 27.3. The predicted molar refractivity (Wildman–Crippen MR) is 131 cm³/mol. The van der Waals surface area contributed by atoms with Crippen LogP contribution in [0, 0.1) is 0 Å².